The highest BCUT2D eigenvalue weighted by atomic mass is 19.1. The van der Waals surface area contributed by atoms with Crippen molar-refractivity contribution in [2.24, 2.45) is 0 Å². The van der Waals surface area contributed by atoms with E-state index in [9.17, 15) is 9.18 Å². The minimum Gasteiger partial charge on any atom is -0.490 e. The first-order valence-electron chi connectivity index (χ1n) is 8.09. The number of benzene rings is 2. The lowest BCUT2D eigenvalue weighted by molar-refractivity contribution is 0.0670. The fraction of sp³-hybridized carbons (Fsp3) is 0.316. The highest BCUT2D eigenvalue weighted by molar-refractivity contribution is 5.96. The van der Waals surface area contributed by atoms with Crippen LogP contribution in [-0.4, -0.2) is 25.2 Å². The maximum absolute atomic E-state index is 13.6. The minimum atomic E-state index is -0.333. The molecule has 5 heteroatoms. The van der Waals surface area contributed by atoms with Crippen LogP contribution in [0.2, 0.25) is 0 Å². The zero-order valence-electron chi connectivity index (χ0n) is 13.3. The molecule has 1 atom stereocenters. The van der Waals surface area contributed by atoms with Crippen molar-refractivity contribution in [3.63, 3.8) is 0 Å². The number of halogens is 1. The summed E-state index contributed by atoms with van der Waals surface area (Å²) < 4.78 is 24.9. The summed E-state index contributed by atoms with van der Waals surface area (Å²) >= 11 is 0. The van der Waals surface area contributed by atoms with Gasteiger partial charge in [-0.2, -0.15) is 0 Å². The standard InChI is InChI=1S/C19H20FNO3/c20-17-9-3-1-6-14(17)12-21-19(22)16-8-2-4-10-18(16)24-13-15-7-5-11-23-15/h1-4,6,8-10,15H,5,7,11-13H2,(H,21,22). The van der Waals surface area contributed by atoms with Crippen LogP contribution in [-0.2, 0) is 11.3 Å². The molecule has 24 heavy (non-hydrogen) atoms. The second-order valence-electron chi connectivity index (χ2n) is 5.72. The zero-order chi connectivity index (χ0) is 16.8. The maximum Gasteiger partial charge on any atom is 0.255 e. The lowest BCUT2D eigenvalue weighted by atomic mass is 10.1. The summed E-state index contributed by atoms with van der Waals surface area (Å²) in [4.78, 5) is 12.4. The third kappa shape index (κ3) is 4.11. The van der Waals surface area contributed by atoms with Crippen molar-refractivity contribution in [3.05, 3.63) is 65.5 Å². The number of rotatable bonds is 6. The van der Waals surface area contributed by atoms with Gasteiger partial charge in [0.1, 0.15) is 18.2 Å². The van der Waals surface area contributed by atoms with Crippen LogP contribution in [0.25, 0.3) is 0 Å². The van der Waals surface area contributed by atoms with Gasteiger partial charge in [0.25, 0.3) is 5.91 Å². The summed E-state index contributed by atoms with van der Waals surface area (Å²) in [5.41, 5.74) is 0.885. The largest absolute Gasteiger partial charge is 0.490 e. The van der Waals surface area contributed by atoms with Crippen LogP contribution in [0.1, 0.15) is 28.8 Å². The molecule has 0 spiro atoms. The molecule has 0 aromatic heterocycles. The van der Waals surface area contributed by atoms with Crippen molar-refractivity contribution in [3.8, 4) is 5.75 Å². The van der Waals surface area contributed by atoms with Crippen LogP contribution in [0, 0.1) is 5.82 Å². The molecule has 0 aliphatic carbocycles. The number of carbonyl (C=O) groups is 1. The van der Waals surface area contributed by atoms with Gasteiger partial charge >= 0.3 is 0 Å². The molecule has 1 aliphatic rings. The van der Waals surface area contributed by atoms with Gasteiger partial charge in [-0.3, -0.25) is 4.79 Å². The summed E-state index contributed by atoms with van der Waals surface area (Å²) in [5, 5.41) is 2.73. The van der Waals surface area contributed by atoms with Crippen molar-refractivity contribution in [2.75, 3.05) is 13.2 Å². The second-order valence-corrected chi connectivity index (χ2v) is 5.72. The first-order valence-corrected chi connectivity index (χ1v) is 8.09. The molecule has 1 saturated heterocycles. The van der Waals surface area contributed by atoms with Gasteiger partial charge in [0, 0.05) is 18.7 Å². The highest BCUT2D eigenvalue weighted by Crippen LogP contribution is 2.20. The number of para-hydroxylation sites is 1. The van der Waals surface area contributed by atoms with Gasteiger partial charge in [-0.1, -0.05) is 30.3 Å². The van der Waals surface area contributed by atoms with Gasteiger partial charge in [-0.05, 0) is 31.0 Å². The molecule has 1 unspecified atom stereocenters. The van der Waals surface area contributed by atoms with E-state index in [0.29, 0.717) is 23.5 Å². The normalized spacial score (nSPS) is 16.8. The van der Waals surface area contributed by atoms with Gasteiger partial charge < -0.3 is 14.8 Å². The van der Waals surface area contributed by atoms with E-state index < -0.39 is 0 Å². The second kappa shape index (κ2) is 7.93. The van der Waals surface area contributed by atoms with Crippen LogP contribution in [0.3, 0.4) is 0 Å². The lowest BCUT2D eigenvalue weighted by Gasteiger charge is -2.14. The van der Waals surface area contributed by atoms with E-state index in [0.717, 1.165) is 19.4 Å². The van der Waals surface area contributed by atoms with Crippen LogP contribution < -0.4 is 10.1 Å². The Morgan fingerprint density at radius 2 is 2.00 bits per heavy atom. The van der Waals surface area contributed by atoms with Crippen molar-refractivity contribution in [1.82, 2.24) is 5.32 Å². The lowest BCUT2D eigenvalue weighted by Crippen LogP contribution is -2.25. The minimum absolute atomic E-state index is 0.0829. The fourth-order valence-corrected chi connectivity index (χ4v) is 2.65. The molecule has 2 aromatic carbocycles. The Labute approximate surface area is 140 Å². The molecule has 0 radical (unpaired) electrons. The van der Waals surface area contributed by atoms with Gasteiger partial charge in [-0.25, -0.2) is 4.39 Å². The summed E-state index contributed by atoms with van der Waals surface area (Å²) in [6.07, 6.45) is 2.10. The topological polar surface area (TPSA) is 47.6 Å². The molecule has 3 rings (SSSR count). The van der Waals surface area contributed by atoms with Crippen LogP contribution in [0.4, 0.5) is 4.39 Å². The molecule has 1 heterocycles. The van der Waals surface area contributed by atoms with E-state index in [4.69, 9.17) is 9.47 Å². The highest BCUT2D eigenvalue weighted by Gasteiger charge is 2.18. The van der Waals surface area contributed by atoms with E-state index in [1.165, 1.54) is 6.07 Å². The smallest absolute Gasteiger partial charge is 0.255 e. The summed E-state index contributed by atoms with van der Waals surface area (Å²) in [5.74, 6) is -0.110. The monoisotopic (exact) mass is 329 g/mol. The summed E-state index contributed by atoms with van der Waals surface area (Å²) in [6, 6.07) is 13.4. The summed E-state index contributed by atoms with van der Waals surface area (Å²) in [7, 11) is 0. The Kier molecular flexibility index (Phi) is 5.43. The van der Waals surface area contributed by atoms with E-state index in [1.54, 1.807) is 36.4 Å². The molecule has 126 valence electrons. The van der Waals surface area contributed by atoms with E-state index in [-0.39, 0.29) is 24.4 Å². The van der Waals surface area contributed by atoms with Gasteiger partial charge in [0.15, 0.2) is 0 Å². The molecular weight excluding hydrogens is 309 g/mol. The third-order valence-corrected chi connectivity index (χ3v) is 3.98. The van der Waals surface area contributed by atoms with Crippen molar-refractivity contribution >= 4 is 5.91 Å². The Balaban J connectivity index is 1.62. The average Bonchev–Trinajstić information content (AvgIpc) is 3.13. The number of nitrogens with one attached hydrogen (secondary N) is 1. The van der Waals surface area contributed by atoms with Crippen molar-refractivity contribution < 1.29 is 18.7 Å². The van der Waals surface area contributed by atoms with Gasteiger partial charge in [0.2, 0.25) is 0 Å². The molecule has 1 amide bonds. The van der Waals surface area contributed by atoms with Gasteiger partial charge in [0.05, 0.1) is 11.7 Å². The van der Waals surface area contributed by atoms with Crippen molar-refractivity contribution in [2.45, 2.75) is 25.5 Å². The third-order valence-electron chi connectivity index (χ3n) is 3.98. The number of amides is 1. The average molecular weight is 329 g/mol. The number of hydrogen-bond donors (Lipinski definition) is 1. The molecule has 0 bridgehead atoms. The van der Waals surface area contributed by atoms with Crippen LogP contribution >= 0.6 is 0 Å². The quantitative estimate of drug-likeness (QED) is 0.884. The summed E-state index contributed by atoms with van der Waals surface area (Å²) in [6.45, 7) is 1.32. The molecule has 4 nitrogen and oxygen atoms in total. The maximum atomic E-state index is 13.6. The first kappa shape index (κ1) is 16.5. The molecule has 1 fully saturated rings. The van der Waals surface area contributed by atoms with E-state index in [1.807, 2.05) is 6.07 Å². The number of ether oxygens (including phenoxy) is 2. The Hall–Kier alpha value is -2.40. The fourth-order valence-electron chi connectivity index (χ4n) is 2.65. The molecule has 1 N–H and O–H groups in total. The van der Waals surface area contributed by atoms with E-state index in [2.05, 4.69) is 5.32 Å². The first-order chi connectivity index (χ1) is 11.7. The molecule has 0 saturated carbocycles. The molecule has 1 aliphatic heterocycles. The number of carbonyl (C=O) groups excluding carboxylic acids is 1. The Morgan fingerprint density at radius 1 is 1.21 bits per heavy atom. The predicted molar refractivity (Wildman–Crippen MR) is 88.5 cm³/mol. The molecule has 2 aromatic rings. The SMILES string of the molecule is O=C(NCc1ccccc1F)c1ccccc1OCC1CCCO1. The Morgan fingerprint density at radius 3 is 2.79 bits per heavy atom. The van der Waals surface area contributed by atoms with E-state index >= 15 is 0 Å². The number of hydrogen-bond acceptors (Lipinski definition) is 3. The predicted octanol–water partition coefficient (Wildman–Crippen LogP) is 3.31. The zero-order valence-corrected chi connectivity index (χ0v) is 13.3. The van der Waals surface area contributed by atoms with Crippen LogP contribution in [0.5, 0.6) is 5.75 Å². The molecular formula is C19H20FNO3. The van der Waals surface area contributed by atoms with Crippen LogP contribution in [0.15, 0.2) is 48.5 Å². The Bertz CT molecular complexity index is 699. The van der Waals surface area contributed by atoms with Crippen molar-refractivity contribution in [1.29, 1.82) is 0 Å². The van der Waals surface area contributed by atoms with Gasteiger partial charge in [-0.15, -0.1) is 0 Å².